The molecule has 6 heteroatoms. The molecule has 0 radical (unpaired) electrons. The molecule has 0 spiro atoms. The second-order valence-corrected chi connectivity index (χ2v) is 5.54. The third-order valence-corrected chi connectivity index (χ3v) is 4.56. The normalized spacial score (nSPS) is 21.6. The molecule has 0 bridgehead atoms. The second kappa shape index (κ2) is 6.83. The molecule has 2 rings (SSSR count). The van der Waals surface area contributed by atoms with Gasteiger partial charge in [0.15, 0.2) is 0 Å². The molecular formula is C13H22BrN3O2. The molecule has 2 atom stereocenters. The maximum Gasteiger partial charge on any atom is 0.0965 e. The molecule has 0 saturated carbocycles. The van der Waals surface area contributed by atoms with Gasteiger partial charge in [0.1, 0.15) is 0 Å². The van der Waals surface area contributed by atoms with Crippen molar-refractivity contribution in [3.05, 3.63) is 15.9 Å². The minimum absolute atomic E-state index is 0.103. The van der Waals surface area contributed by atoms with E-state index >= 15 is 0 Å². The van der Waals surface area contributed by atoms with Gasteiger partial charge < -0.3 is 14.8 Å². The highest BCUT2D eigenvalue weighted by Crippen LogP contribution is 2.23. The van der Waals surface area contributed by atoms with Gasteiger partial charge in [0.2, 0.25) is 0 Å². The van der Waals surface area contributed by atoms with Gasteiger partial charge in [-0.05, 0) is 36.8 Å². The lowest BCUT2D eigenvalue weighted by Crippen LogP contribution is -2.46. The minimum Gasteiger partial charge on any atom is -0.376 e. The van der Waals surface area contributed by atoms with Gasteiger partial charge >= 0.3 is 0 Å². The number of hydrogen-bond donors (Lipinski definition) is 1. The van der Waals surface area contributed by atoms with Crippen molar-refractivity contribution in [1.29, 1.82) is 0 Å². The molecule has 1 fully saturated rings. The second-order valence-electron chi connectivity index (χ2n) is 4.75. The number of aromatic nitrogens is 2. The summed E-state index contributed by atoms with van der Waals surface area (Å²) in [5.41, 5.74) is 2.25. The van der Waals surface area contributed by atoms with Crippen molar-refractivity contribution in [2.75, 3.05) is 26.9 Å². The lowest BCUT2D eigenvalue weighted by Gasteiger charge is -2.30. The summed E-state index contributed by atoms with van der Waals surface area (Å²) in [4.78, 5) is 0. The molecule has 2 heterocycles. The Morgan fingerprint density at radius 3 is 2.89 bits per heavy atom. The Kier molecular flexibility index (Phi) is 5.38. The zero-order valence-corrected chi connectivity index (χ0v) is 13.4. The van der Waals surface area contributed by atoms with E-state index in [2.05, 4.69) is 33.3 Å². The van der Waals surface area contributed by atoms with E-state index in [1.54, 1.807) is 0 Å². The van der Waals surface area contributed by atoms with E-state index in [4.69, 9.17) is 9.47 Å². The maximum absolute atomic E-state index is 5.79. The first-order valence-corrected chi connectivity index (χ1v) is 7.55. The molecule has 1 N–H and O–H groups in total. The van der Waals surface area contributed by atoms with Crippen LogP contribution in [0.1, 0.15) is 18.3 Å². The number of nitrogens with zero attached hydrogens (tertiary/aromatic N) is 2. The number of nitrogens with one attached hydrogen (secondary N) is 1. The molecule has 5 nitrogen and oxygen atoms in total. The quantitative estimate of drug-likeness (QED) is 0.888. The Morgan fingerprint density at radius 1 is 1.53 bits per heavy atom. The first kappa shape index (κ1) is 15.0. The zero-order chi connectivity index (χ0) is 13.8. The molecule has 1 saturated heterocycles. The molecule has 108 valence electrons. The van der Waals surface area contributed by atoms with E-state index in [-0.39, 0.29) is 12.1 Å². The fraction of sp³-hybridized carbons (Fsp3) is 0.769. The summed E-state index contributed by atoms with van der Waals surface area (Å²) in [5.74, 6) is 0. The summed E-state index contributed by atoms with van der Waals surface area (Å²) in [5, 5.41) is 7.87. The zero-order valence-electron chi connectivity index (χ0n) is 11.8. The first-order chi connectivity index (χ1) is 9.17. The van der Waals surface area contributed by atoms with Gasteiger partial charge in [0.25, 0.3) is 0 Å². The maximum atomic E-state index is 5.79. The van der Waals surface area contributed by atoms with Crippen molar-refractivity contribution in [3.8, 4) is 0 Å². The van der Waals surface area contributed by atoms with Gasteiger partial charge in [-0.1, -0.05) is 0 Å². The Labute approximate surface area is 122 Å². The van der Waals surface area contributed by atoms with Crippen LogP contribution < -0.4 is 5.32 Å². The van der Waals surface area contributed by atoms with E-state index in [0.717, 1.165) is 23.1 Å². The van der Waals surface area contributed by atoms with Gasteiger partial charge in [0, 0.05) is 19.0 Å². The number of ether oxygens (including phenoxy) is 2. The third-order valence-electron chi connectivity index (χ3n) is 3.53. The largest absolute Gasteiger partial charge is 0.376 e. The summed E-state index contributed by atoms with van der Waals surface area (Å²) in [7, 11) is 1.97. The van der Waals surface area contributed by atoms with Crippen LogP contribution >= 0.6 is 15.9 Å². The van der Waals surface area contributed by atoms with Crippen molar-refractivity contribution in [2.45, 2.75) is 39.0 Å². The minimum atomic E-state index is 0.103. The van der Waals surface area contributed by atoms with E-state index in [1.165, 1.54) is 5.69 Å². The first-order valence-electron chi connectivity index (χ1n) is 6.75. The molecule has 1 aromatic rings. The molecule has 19 heavy (non-hydrogen) atoms. The molecule has 1 aliphatic heterocycles. The fourth-order valence-electron chi connectivity index (χ4n) is 2.43. The number of hydrogen-bond acceptors (Lipinski definition) is 4. The molecule has 1 aliphatic rings. The van der Waals surface area contributed by atoms with Crippen LogP contribution in [0.25, 0.3) is 0 Å². The van der Waals surface area contributed by atoms with Crippen molar-refractivity contribution < 1.29 is 9.47 Å². The summed E-state index contributed by atoms with van der Waals surface area (Å²) in [6, 6.07) is 0.234. The molecule has 0 aromatic carbocycles. The Balaban J connectivity index is 2.13. The van der Waals surface area contributed by atoms with Crippen LogP contribution in [-0.2, 0) is 22.4 Å². The lowest BCUT2D eigenvalue weighted by atomic mass is 10.0. The fourth-order valence-corrected chi connectivity index (χ4v) is 2.88. The van der Waals surface area contributed by atoms with Gasteiger partial charge in [-0.2, -0.15) is 5.10 Å². The van der Waals surface area contributed by atoms with Crippen molar-refractivity contribution in [3.63, 3.8) is 0 Å². The lowest BCUT2D eigenvalue weighted by molar-refractivity contribution is -0.101. The number of halogens is 1. The van der Waals surface area contributed by atoms with Gasteiger partial charge in [-0.15, -0.1) is 0 Å². The van der Waals surface area contributed by atoms with Crippen LogP contribution in [0, 0.1) is 6.92 Å². The predicted molar refractivity (Wildman–Crippen MR) is 77.4 cm³/mol. The van der Waals surface area contributed by atoms with E-state index in [0.29, 0.717) is 19.8 Å². The number of aryl methyl sites for hydroxylation is 2. The Morgan fingerprint density at radius 2 is 2.32 bits per heavy atom. The summed E-state index contributed by atoms with van der Waals surface area (Å²) >= 11 is 3.64. The van der Waals surface area contributed by atoms with Gasteiger partial charge in [-0.3, -0.25) is 4.68 Å². The average molecular weight is 332 g/mol. The number of rotatable bonds is 5. The van der Waals surface area contributed by atoms with E-state index in [1.807, 2.05) is 18.7 Å². The SMILES string of the molecule is CCn1nc(C)c(Br)c1CC(NC)C1COCCO1. The van der Waals surface area contributed by atoms with Crippen molar-refractivity contribution >= 4 is 15.9 Å². The molecule has 0 aliphatic carbocycles. The highest BCUT2D eigenvalue weighted by molar-refractivity contribution is 9.10. The molecule has 1 aromatic heterocycles. The molecular weight excluding hydrogens is 310 g/mol. The highest BCUT2D eigenvalue weighted by Gasteiger charge is 2.26. The Hall–Kier alpha value is -0.430. The van der Waals surface area contributed by atoms with E-state index < -0.39 is 0 Å². The topological polar surface area (TPSA) is 48.3 Å². The molecule has 0 amide bonds. The van der Waals surface area contributed by atoms with Gasteiger partial charge in [0.05, 0.1) is 41.8 Å². The van der Waals surface area contributed by atoms with Crippen molar-refractivity contribution in [1.82, 2.24) is 15.1 Å². The predicted octanol–water partition coefficient (Wildman–Crippen LogP) is 1.52. The monoisotopic (exact) mass is 331 g/mol. The standard InChI is InChI=1S/C13H22BrN3O2/c1-4-17-11(13(14)9(2)16-17)7-10(15-3)12-8-18-5-6-19-12/h10,12,15H,4-8H2,1-3H3. The summed E-state index contributed by atoms with van der Waals surface area (Å²) < 4.78 is 14.4. The van der Waals surface area contributed by atoms with Crippen LogP contribution in [0.4, 0.5) is 0 Å². The molecule has 2 unspecified atom stereocenters. The Bertz CT molecular complexity index is 416. The number of likely N-dealkylation sites (N-methyl/N-ethyl adjacent to an activating group) is 1. The smallest absolute Gasteiger partial charge is 0.0965 e. The van der Waals surface area contributed by atoms with Crippen LogP contribution in [-0.4, -0.2) is 48.8 Å². The highest BCUT2D eigenvalue weighted by atomic mass is 79.9. The third kappa shape index (κ3) is 3.37. The van der Waals surface area contributed by atoms with Crippen molar-refractivity contribution in [2.24, 2.45) is 0 Å². The van der Waals surface area contributed by atoms with E-state index in [9.17, 15) is 0 Å². The van der Waals surface area contributed by atoms with Crippen LogP contribution in [0.5, 0.6) is 0 Å². The van der Waals surface area contributed by atoms with Crippen LogP contribution in [0.15, 0.2) is 4.47 Å². The summed E-state index contributed by atoms with van der Waals surface area (Å²) in [6.45, 7) is 7.03. The van der Waals surface area contributed by atoms with Crippen LogP contribution in [0.2, 0.25) is 0 Å². The summed E-state index contributed by atoms with van der Waals surface area (Å²) in [6.07, 6.45) is 0.978. The van der Waals surface area contributed by atoms with Crippen LogP contribution in [0.3, 0.4) is 0 Å². The van der Waals surface area contributed by atoms with Gasteiger partial charge in [-0.25, -0.2) is 0 Å². The average Bonchev–Trinajstić information content (AvgIpc) is 2.72.